The van der Waals surface area contributed by atoms with Crippen LogP contribution in [0.25, 0.3) is 21.3 Å². The fourth-order valence-electron chi connectivity index (χ4n) is 3.97. The van der Waals surface area contributed by atoms with Gasteiger partial charge in [-0.2, -0.15) is 0 Å². The summed E-state index contributed by atoms with van der Waals surface area (Å²) in [4.78, 5) is 5.47. The van der Waals surface area contributed by atoms with Crippen LogP contribution in [0, 0.1) is 6.92 Å². The van der Waals surface area contributed by atoms with Crippen molar-refractivity contribution in [1.29, 1.82) is 0 Å². The number of hydrogen-bond acceptors (Lipinski definition) is 4. The number of thiophene rings is 1. The third-order valence-corrected chi connectivity index (χ3v) is 6.99. The molecular weight excluding hydrogens is 390 g/mol. The lowest BCUT2D eigenvalue weighted by Gasteiger charge is -2.25. The van der Waals surface area contributed by atoms with E-state index in [1.165, 1.54) is 19.3 Å². The zero-order valence-corrected chi connectivity index (χ0v) is 17.9. The van der Waals surface area contributed by atoms with Crippen LogP contribution in [0.4, 0.5) is 0 Å². The summed E-state index contributed by atoms with van der Waals surface area (Å²) in [5, 5.41) is 11.0. The molecule has 28 heavy (non-hydrogen) atoms. The minimum absolute atomic E-state index is 0.269. The van der Waals surface area contributed by atoms with Gasteiger partial charge in [-0.15, -0.1) is 11.3 Å². The van der Waals surface area contributed by atoms with Crippen molar-refractivity contribution in [2.75, 3.05) is 0 Å². The molecule has 4 rings (SSSR count). The molecule has 0 amide bonds. The Kier molecular flexibility index (Phi) is 5.91. The molecule has 3 aromatic rings. The fourth-order valence-corrected chi connectivity index (χ4v) is 5.46. The number of aromatic nitrogens is 1. The van der Waals surface area contributed by atoms with Crippen LogP contribution in [-0.2, 0) is 0 Å². The van der Waals surface area contributed by atoms with Gasteiger partial charge in [0, 0.05) is 27.2 Å². The molecule has 1 aliphatic rings. The van der Waals surface area contributed by atoms with Gasteiger partial charge >= 0.3 is 0 Å². The molecule has 5 heteroatoms. The molecule has 1 aromatic carbocycles. The number of aryl methyl sites for hydroxylation is 1. The van der Waals surface area contributed by atoms with Crippen molar-refractivity contribution in [3.05, 3.63) is 45.9 Å². The largest absolute Gasteiger partial charge is 0.490 e. The highest BCUT2D eigenvalue weighted by atomic mass is 35.5. The Bertz CT molecular complexity index is 978. The lowest BCUT2D eigenvalue weighted by atomic mass is 9.97. The summed E-state index contributed by atoms with van der Waals surface area (Å²) in [6, 6.07) is 8.00. The number of halogens is 1. The van der Waals surface area contributed by atoms with Gasteiger partial charge in [-0.05, 0) is 68.9 Å². The summed E-state index contributed by atoms with van der Waals surface area (Å²) in [7, 11) is 0. The number of rotatable bonds is 5. The normalized spacial score (nSPS) is 16.4. The van der Waals surface area contributed by atoms with Crippen LogP contribution < -0.4 is 4.74 Å². The van der Waals surface area contributed by atoms with Gasteiger partial charge < -0.3 is 9.84 Å². The van der Waals surface area contributed by atoms with Crippen molar-refractivity contribution in [3.63, 3.8) is 0 Å². The lowest BCUT2D eigenvalue weighted by molar-refractivity contribution is 0.155. The van der Waals surface area contributed by atoms with Crippen molar-refractivity contribution >= 4 is 33.2 Å². The lowest BCUT2D eigenvalue weighted by Crippen LogP contribution is -2.20. The highest BCUT2D eigenvalue weighted by Crippen LogP contribution is 2.43. The molecule has 1 unspecified atom stereocenters. The topological polar surface area (TPSA) is 42.4 Å². The van der Waals surface area contributed by atoms with E-state index < -0.39 is 6.10 Å². The summed E-state index contributed by atoms with van der Waals surface area (Å²) in [5.41, 5.74) is 4.05. The molecule has 1 atom stereocenters. The van der Waals surface area contributed by atoms with Crippen molar-refractivity contribution in [3.8, 4) is 16.9 Å². The Labute approximate surface area is 175 Å². The molecule has 1 saturated carbocycles. The van der Waals surface area contributed by atoms with Crippen molar-refractivity contribution in [1.82, 2.24) is 4.98 Å². The van der Waals surface area contributed by atoms with Crippen molar-refractivity contribution < 1.29 is 9.84 Å². The van der Waals surface area contributed by atoms with Gasteiger partial charge in [0.15, 0.2) is 0 Å². The number of benzene rings is 1. The SMILES string of the molecule is CCC(O)c1cc2nccc(-c3cc(Cl)cc(C)c3OC3CCCCC3)c2s1. The van der Waals surface area contributed by atoms with E-state index in [4.69, 9.17) is 16.3 Å². The third-order valence-electron chi connectivity index (χ3n) is 5.51. The average Bonchev–Trinajstić information content (AvgIpc) is 3.14. The van der Waals surface area contributed by atoms with Gasteiger partial charge in [0.05, 0.1) is 22.4 Å². The number of aliphatic hydroxyl groups is 1. The highest BCUT2D eigenvalue weighted by Gasteiger charge is 2.21. The monoisotopic (exact) mass is 415 g/mol. The molecule has 2 heterocycles. The molecular formula is C23H26ClNO2S. The number of ether oxygens (including phenoxy) is 1. The van der Waals surface area contributed by atoms with E-state index in [0.717, 1.165) is 50.4 Å². The molecule has 0 aliphatic heterocycles. The van der Waals surface area contributed by atoms with E-state index in [1.807, 2.05) is 37.4 Å². The standard InChI is InChI=1S/C23H26ClNO2S/c1-3-20(26)21-13-19-23(28-21)17(9-10-25-19)18-12-15(24)11-14(2)22(18)27-16-7-5-4-6-8-16/h9-13,16,20,26H,3-8H2,1-2H3. The second-order valence-corrected chi connectivity index (χ2v) is 9.14. The molecule has 2 aromatic heterocycles. The van der Waals surface area contributed by atoms with Gasteiger partial charge in [-0.1, -0.05) is 24.9 Å². The molecule has 0 bridgehead atoms. The smallest absolute Gasteiger partial charge is 0.130 e. The second-order valence-electron chi connectivity index (χ2n) is 7.62. The molecule has 1 N–H and O–H groups in total. The maximum absolute atomic E-state index is 10.3. The van der Waals surface area contributed by atoms with Crippen molar-refractivity contribution in [2.45, 2.75) is 64.6 Å². The first-order valence-electron chi connectivity index (χ1n) is 10.1. The number of hydrogen-bond donors (Lipinski definition) is 1. The maximum Gasteiger partial charge on any atom is 0.130 e. The van der Waals surface area contributed by atoms with E-state index in [-0.39, 0.29) is 6.10 Å². The van der Waals surface area contributed by atoms with Crippen LogP contribution >= 0.6 is 22.9 Å². The molecule has 0 saturated heterocycles. The minimum atomic E-state index is -0.453. The zero-order valence-electron chi connectivity index (χ0n) is 16.4. The van der Waals surface area contributed by atoms with Crippen molar-refractivity contribution in [2.24, 2.45) is 0 Å². The molecule has 0 spiro atoms. The number of fused-ring (bicyclic) bond motifs is 1. The number of aliphatic hydroxyl groups excluding tert-OH is 1. The Morgan fingerprint density at radius 1 is 1.21 bits per heavy atom. The zero-order chi connectivity index (χ0) is 19.7. The highest BCUT2D eigenvalue weighted by molar-refractivity contribution is 7.19. The average molecular weight is 416 g/mol. The first-order valence-corrected chi connectivity index (χ1v) is 11.3. The third kappa shape index (κ3) is 3.91. The van der Waals surface area contributed by atoms with Gasteiger partial charge in [-0.25, -0.2) is 0 Å². The van der Waals surface area contributed by atoms with Crippen LogP contribution in [0.1, 0.15) is 62.0 Å². The van der Waals surface area contributed by atoms with Crippen LogP contribution in [0.3, 0.4) is 0 Å². The van der Waals surface area contributed by atoms with Gasteiger partial charge in [0.25, 0.3) is 0 Å². The van der Waals surface area contributed by atoms with Crippen LogP contribution in [0.2, 0.25) is 5.02 Å². The quantitative estimate of drug-likeness (QED) is 0.484. The van der Waals surface area contributed by atoms with E-state index >= 15 is 0 Å². The van der Waals surface area contributed by atoms with Gasteiger partial charge in [0.2, 0.25) is 0 Å². The molecule has 1 fully saturated rings. The summed E-state index contributed by atoms with van der Waals surface area (Å²) in [6.45, 7) is 4.05. The Balaban J connectivity index is 1.83. The summed E-state index contributed by atoms with van der Waals surface area (Å²) in [5.74, 6) is 0.926. The second kappa shape index (κ2) is 8.40. The van der Waals surface area contributed by atoms with Gasteiger partial charge in [-0.3, -0.25) is 4.98 Å². The minimum Gasteiger partial charge on any atom is -0.490 e. The Hall–Kier alpha value is -1.62. The van der Waals surface area contributed by atoms with Crippen LogP contribution in [0.5, 0.6) is 5.75 Å². The Morgan fingerprint density at radius 2 is 2.00 bits per heavy atom. The number of pyridine rings is 1. The van der Waals surface area contributed by atoms with Crippen LogP contribution in [-0.4, -0.2) is 16.2 Å². The molecule has 0 radical (unpaired) electrons. The van der Waals surface area contributed by atoms with E-state index in [9.17, 15) is 5.11 Å². The van der Waals surface area contributed by atoms with E-state index in [1.54, 1.807) is 11.3 Å². The molecule has 1 aliphatic carbocycles. The van der Waals surface area contributed by atoms with Crippen LogP contribution in [0.15, 0.2) is 30.5 Å². The summed E-state index contributed by atoms with van der Waals surface area (Å²) in [6.07, 6.45) is 8.32. The number of nitrogens with zero attached hydrogens (tertiary/aromatic N) is 1. The Morgan fingerprint density at radius 3 is 2.75 bits per heavy atom. The first-order chi connectivity index (χ1) is 13.6. The predicted molar refractivity (Wildman–Crippen MR) is 118 cm³/mol. The summed E-state index contributed by atoms with van der Waals surface area (Å²) < 4.78 is 7.60. The fraction of sp³-hybridized carbons (Fsp3) is 0.435. The maximum atomic E-state index is 10.3. The molecule has 3 nitrogen and oxygen atoms in total. The molecule has 148 valence electrons. The predicted octanol–water partition coefficient (Wildman–Crippen LogP) is 7.08. The van der Waals surface area contributed by atoms with E-state index in [2.05, 4.69) is 11.9 Å². The first kappa shape index (κ1) is 19.7. The summed E-state index contributed by atoms with van der Waals surface area (Å²) >= 11 is 8.04. The van der Waals surface area contributed by atoms with Gasteiger partial charge in [0.1, 0.15) is 5.75 Å². The van der Waals surface area contributed by atoms with E-state index in [0.29, 0.717) is 11.4 Å².